The molecule has 0 amide bonds. The molecule has 0 radical (unpaired) electrons. The fourth-order valence-corrected chi connectivity index (χ4v) is 3.83. The van der Waals surface area contributed by atoms with Crippen LogP contribution in [0.2, 0.25) is 0 Å². The maximum absolute atomic E-state index is 9.49. The maximum atomic E-state index is 9.49. The second kappa shape index (κ2) is 4.52. The van der Waals surface area contributed by atoms with Crippen molar-refractivity contribution in [2.45, 2.75) is 13.1 Å². The topological polar surface area (TPSA) is 53.4 Å². The Morgan fingerprint density at radius 2 is 1.60 bits per heavy atom. The molecule has 4 aliphatic heterocycles. The summed E-state index contributed by atoms with van der Waals surface area (Å²) in [6, 6.07) is 5.82. The van der Waals surface area contributed by atoms with Crippen molar-refractivity contribution in [2.75, 3.05) is 33.3 Å². The minimum atomic E-state index is -1.40. The van der Waals surface area contributed by atoms with Crippen LogP contribution in [0, 0.1) is 6.92 Å². The van der Waals surface area contributed by atoms with Crippen LogP contribution in [0.4, 0.5) is 0 Å². The molecule has 6 nitrogen and oxygen atoms in total. The predicted molar refractivity (Wildman–Crippen MR) is 75.4 cm³/mol. The van der Waals surface area contributed by atoms with Crippen LogP contribution in [0.15, 0.2) is 18.2 Å². The molecule has 4 bridgehead atoms. The molecule has 0 aromatic heterocycles. The van der Waals surface area contributed by atoms with Crippen LogP contribution in [0.1, 0.15) is 17.3 Å². The average Bonchev–Trinajstić information content (AvgIpc) is 2.39. The highest BCUT2D eigenvalue weighted by Crippen LogP contribution is 2.36. The van der Waals surface area contributed by atoms with Gasteiger partial charge in [-0.15, -0.1) is 0 Å². The highest BCUT2D eigenvalue weighted by atomic mass is 16.4. The number of nitrogens with zero attached hydrogens (tertiary/aromatic N) is 4. The van der Waals surface area contributed by atoms with E-state index in [9.17, 15) is 10.0 Å². The molecule has 7 heteroatoms. The SMILES string of the molecule is Cc1c(B(O)O)cccc1C1N2CN3CN(C2)CN1C3. The molecule has 4 heterocycles. The zero-order chi connectivity index (χ0) is 13.9. The van der Waals surface area contributed by atoms with Crippen LogP contribution < -0.4 is 5.46 Å². The lowest BCUT2D eigenvalue weighted by atomic mass is 9.75. The molecule has 4 saturated heterocycles. The lowest BCUT2D eigenvalue weighted by Gasteiger charge is -2.60. The minimum absolute atomic E-state index is 0.251. The average molecular weight is 274 g/mol. The second-order valence-corrected chi connectivity index (χ2v) is 6.04. The van der Waals surface area contributed by atoms with Gasteiger partial charge in [0.25, 0.3) is 0 Å². The molecule has 1 aromatic rings. The predicted octanol–water partition coefficient (Wildman–Crippen LogP) is -1.29. The van der Waals surface area contributed by atoms with Gasteiger partial charge in [-0.05, 0) is 23.5 Å². The van der Waals surface area contributed by atoms with Crippen molar-refractivity contribution < 1.29 is 10.0 Å². The summed E-state index contributed by atoms with van der Waals surface area (Å²) >= 11 is 0. The third-order valence-corrected chi connectivity index (χ3v) is 4.59. The van der Waals surface area contributed by atoms with Gasteiger partial charge in [0.2, 0.25) is 0 Å². The fourth-order valence-electron chi connectivity index (χ4n) is 3.83. The molecule has 0 unspecified atom stereocenters. The Morgan fingerprint density at radius 1 is 1.00 bits per heavy atom. The Balaban J connectivity index is 1.73. The van der Waals surface area contributed by atoms with Gasteiger partial charge in [0, 0.05) is 0 Å². The van der Waals surface area contributed by atoms with Crippen LogP contribution in [0.3, 0.4) is 0 Å². The summed E-state index contributed by atoms with van der Waals surface area (Å²) in [6.45, 7) is 7.00. The van der Waals surface area contributed by atoms with Crippen molar-refractivity contribution in [1.29, 1.82) is 0 Å². The molecule has 5 rings (SSSR count). The summed E-state index contributed by atoms with van der Waals surface area (Å²) < 4.78 is 0. The minimum Gasteiger partial charge on any atom is -0.423 e. The Hall–Kier alpha value is -0.955. The van der Waals surface area contributed by atoms with E-state index in [1.54, 1.807) is 6.07 Å². The van der Waals surface area contributed by atoms with E-state index in [-0.39, 0.29) is 6.17 Å². The van der Waals surface area contributed by atoms with Gasteiger partial charge in [-0.3, -0.25) is 19.6 Å². The van der Waals surface area contributed by atoms with E-state index >= 15 is 0 Å². The Labute approximate surface area is 118 Å². The first-order valence-corrected chi connectivity index (χ1v) is 7.02. The zero-order valence-electron chi connectivity index (χ0n) is 11.6. The first-order chi connectivity index (χ1) is 9.63. The molecule has 0 spiro atoms. The van der Waals surface area contributed by atoms with Gasteiger partial charge in [0.15, 0.2) is 0 Å². The molecule has 0 aliphatic carbocycles. The molecular formula is C13H19BN4O2. The standard InChI is InChI=1S/C13H19BN4O2/c1-10-11(3-2-4-12(10)14(19)20)13-17-6-15-5-16(8-17)9-18(13)7-15/h2-4,13,19-20H,5-9H2,1H3. The van der Waals surface area contributed by atoms with Gasteiger partial charge in [-0.2, -0.15) is 0 Å². The third kappa shape index (κ3) is 1.82. The van der Waals surface area contributed by atoms with Crippen LogP contribution in [0.25, 0.3) is 0 Å². The van der Waals surface area contributed by atoms with Crippen LogP contribution in [-0.2, 0) is 0 Å². The molecular weight excluding hydrogens is 255 g/mol. The number of hydrogen-bond acceptors (Lipinski definition) is 6. The van der Waals surface area contributed by atoms with Crippen molar-refractivity contribution in [3.8, 4) is 0 Å². The summed E-state index contributed by atoms with van der Waals surface area (Å²) in [5, 5.41) is 19.0. The van der Waals surface area contributed by atoms with Gasteiger partial charge in [0.05, 0.1) is 39.5 Å². The Bertz CT molecular complexity index is 511. The van der Waals surface area contributed by atoms with E-state index in [2.05, 4.69) is 25.7 Å². The summed E-state index contributed by atoms with van der Waals surface area (Å²) in [7, 11) is -1.40. The fraction of sp³-hybridized carbons (Fsp3) is 0.538. The zero-order valence-corrected chi connectivity index (χ0v) is 11.6. The van der Waals surface area contributed by atoms with E-state index < -0.39 is 7.12 Å². The van der Waals surface area contributed by atoms with Crippen molar-refractivity contribution in [1.82, 2.24) is 19.6 Å². The van der Waals surface area contributed by atoms with Gasteiger partial charge >= 0.3 is 7.12 Å². The lowest BCUT2D eigenvalue weighted by Crippen LogP contribution is -2.72. The quantitative estimate of drug-likeness (QED) is 0.655. The number of benzene rings is 1. The monoisotopic (exact) mass is 274 g/mol. The number of rotatable bonds is 2. The lowest BCUT2D eigenvalue weighted by molar-refractivity contribution is -0.233. The normalized spacial score (nSPS) is 38.2. The maximum Gasteiger partial charge on any atom is 0.488 e. The Morgan fingerprint density at radius 3 is 2.15 bits per heavy atom. The molecule has 0 atom stereocenters. The summed E-state index contributed by atoms with van der Waals surface area (Å²) in [6.07, 6.45) is 0.251. The van der Waals surface area contributed by atoms with Crippen molar-refractivity contribution in [3.63, 3.8) is 0 Å². The first-order valence-electron chi connectivity index (χ1n) is 7.02. The van der Waals surface area contributed by atoms with Gasteiger partial charge in [-0.25, -0.2) is 0 Å². The highest BCUT2D eigenvalue weighted by Gasteiger charge is 2.44. The van der Waals surface area contributed by atoms with Crippen molar-refractivity contribution >= 4 is 12.6 Å². The van der Waals surface area contributed by atoms with Crippen LogP contribution in [0.5, 0.6) is 0 Å². The Kier molecular flexibility index (Phi) is 2.89. The first kappa shape index (κ1) is 12.8. The summed E-state index contributed by atoms with van der Waals surface area (Å²) in [5.41, 5.74) is 2.79. The van der Waals surface area contributed by atoms with Gasteiger partial charge < -0.3 is 10.0 Å². The van der Waals surface area contributed by atoms with Crippen molar-refractivity contribution in [2.24, 2.45) is 0 Å². The largest absolute Gasteiger partial charge is 0.488 e. The van der Waals surface area contributed by atoms with Gasteiger partial charge in [-0.1, -0.05) is 18.2 Å². The molecule has 1 aromatic carbocycles. The van der Waals surface area contributed by atoms with E-state index in [1.165, 1.54) is 5.56 Å². The van der Waals surface area contributed by atoms with E-state index in [0.717, 1.165) is 38.9 Å². The van der Waals surface area contributed by atoms with Crippen LogP contribution >= 0.6 is 0 Å². The molecule has 0 saturated carbocycles. The third-order valence-electron chi connectivity index (χ3n) is 4.59. The van der Waals surface area contributed by atoms with E-state index in [4.69, 9.17) is 0 Å². The van der Waals surface area contributed by atoms with Crippen molar-refractivity contribution in [3.05, 3.63) is 29.3 Å². The van der Waals surface area contributed by atoms with E-state index in [0.29, 0.717) is 5.46 Å². The molecule has 4 aliphatic rings. The molecule has 2 N–H and O–H groups in total. The second-order valence-electron chi connectivity index (χ2n) is 6.04. The molecule has 4 fully saturated rings. The smallest absolute Gasteiger partial charge is 0.423 e. The number of hydrogen-bond donors (Lipinski definition) is 2. The van der Waals surface area contributed by atoms with Gasteiger partial charge in [0.1, 0.15) is 0 Å². The van der Waals surface area contributed by atoms with E-state index in [1.807, 2.05) is 13.0 Å². The molecule has 106 valence electrons. The summed E-state index contributed by atoms with van der Waals surface area (Å²) in [4.78, 5) is 9.71. The molecule has 20 heavy (non-hydrogen) atoms. The summed E-state index contributed by atoms with van der Waals surface area (Å²) in [5.74, 6) is 0. The highest BCUT2D eigenvalue weighted by molar-refractivity contribution is 6.59. The van der Waals surface area contributed by atoms with Crippen LogP contribution in [-0.4, -0.2) is 70.1 Å².